The first-order chi connectivity index (χ1) is 9.70. The maximum atomic E-state index is 12.5. The zero-order valence-electron chi connectivity index (χ0n) is 11.0. The van der Waals surface area contributed by atoms with Crippen LogP contribution in [-0.4, -0.2) is 17.0 Å². The standard InChI is InChI=1S/C14H12F3NO3/c1-7-12(13(20)21)10(6-11(19)18-7)8-2-4-9(5-3-8)14(15,16)17/h2-5,10H,6H2,1H3,(H,18,19)(H,20,21)/t10-/m1/s1. The predicted octanol–water partition coefficient (Wildman–Crippen LogP) is 2.67. The van der Waals surface area contributed by atoms with Crippen molar-refractivity contribution in [3.05, 3.63) is 46.7 Å². The van der Waals surface area contributed by atoms with E-state index in [4.69, 9.17) is 0 Å². The van der Waals surface area contributed by atoms with Crippen LogP contribution in [0, 0.1) is 0 Å². The number of carboxylic acids is 1. The molecule has 0 aliphatic carbocycles. The topological polar surface area (TPSA) is 66.4 Å². The van der Waals surface area contributed by atoms with Crippen LogP contribution in [0.3, 0.4) is 0 Å². The van der Waals surface area contributed by atoms with Gasteiger partial charge in [0.15, 0.2) is 0 Å². The first-order valence-electron chi connectivity index (χ1n) is 6.11. The van der Waals surface area contributed by atoms with E-state index in [2.05, 4.69) is 5.32 Å². The molecule has 1 amide bonds. The monoisotopic (exact) mass is 299 g/mol. The van der Waals surface area contributed by atoms with Gasteiger partial charge >= 0.3 is 12.1 Å². The molecule has 1 aromatic rings. The summed E-state index contributed by atoms with van der Waals surface area (Å²) in [6.45, 7) is 1.46. The Morgan fingerprint density at radius 3 is 2.33 bits per heavy atom. The fourth-order valence-electron chi connectivity index (χ4n) is 2.37. The second-order valence-corrected chi connectivity index (χ2v) is 4.77. The number of hydrogen-bond acceptors (Lipinski definition) is 2. The molecule has 0 aromatic heterocycles. The van der Waals surface area contributed by atoms with Gasteiger partial charge < -0.3 is 10.4 Å². The van der Waals surface area contributed by atoms with E-state index in [9.17, 15) is 27.9 Å². The molecule has 1 heterocycles. The molecule has 7 heteroatoms. The predicted molar refractivity (Wildman–Crippen MR) is 67.3 cm³/mol. The number of nitrogens with one attached hydrogen (secondary N) is 1. The first kappa shape index (κ1) is 15.1. The summed E-state index contributed by atoms with van der Waals surface area (Å²) in [6, 6.07) is 4.19. The lowest BCUT2D eigenvalue weighted by molar-refractivity contribution is -0.138. The lowest BCUT2D eigenvalue weighted by Gasteiger charge is -2.25. The Hall–Kier alpha value is -2.31. The van der Waals surface area contributed by atoms with E-state index in [0.29, 0.717) is 5.56 Å². The lowest BCUT2D eigenvalue weighted by atomic mass is 9.84. The van der Waals surface area contributed by atoms with E-state index in [1.165, 1.54) is 19.1 Å². The van der Waals surface area contributed by atoms with Crippen molar-refractivity contribution in [1.82, 2.24) is 5.32 Å². The molecule has 0 bridgehead atoms. The van der Waals surface area contributed by atoms with E-state index in [1.54, 1.807) is 0 Å². The largest absolute Gasteiger partial charge is 0.478 e. The highest BCUT2D eigenvalue weighted by Crippen LogP contribution is 2.35. The molecule has 1 aliphatic heterocycles. The summed E-state index contributed by atoms with van der Waals surface area (Å²) in [5.41, 5.74) is -0.239. The number of carboxylic acid groups (broad SMARTS) is 1. The number of allylic oxidation sites excluding steroid dienone is 1. The Bertz CT molecular complexity index is 617. The minimum absolute atomic E-state index is 0.00522. The maximum absolute atomic E-state index is 12.5. The SMILES string of the molecule is CC1=C(C(=O)O)[C@@H](c2ccc(C(F)(F)F)cc2)CC(=O)N1. The highest BCUT2D eigenvalue weighted by Gasteiger charge is 2.33. The van der Waals surface area contributed by atoms with E-state index in [1.807, 2.05) is 0 Å². The Balaban J connectivity index is 2.42. The third-order valence-corrected chi connectivity index (χ3v) is 3.34. The highest BCUT2D eigenvalue weighted by atomic mass is 19.4. The molecule has 21 heavy (non-hydrogen) atoms. The Labute approximate surface area is 118 Å². The van der Waals surface area contributed by atoms with E-state index < -0.39 is 23.6 Å². The van der Waals surface area contributed by atoms with Crippen molar-refractivity contribution < 1.29 is 27.9 Å². The van der Waals surface area contributed by atoms with Crippen LogP contribution in [0.2, 0.25) is 0 Å². The number of aliphatic carboxylic acids is 1. The van der Waals surface area contributed by atoms with E-state index in [-0.39, 0.29) is 23.6 Å². The van der Waals surface area contributed by atoms with E-state index in [0.717, 1.165) is 12.1 Å². The van der Waals surface area contributed by atoms with Gasteiger partial charge in [0, 0.05) is 18.0 Å². The van der Waals surface area contributed by atoms with Crippen molar-refractivity contribution >= 4 is 11.9 Å². The van der Waals surface area contributed by atoms with Crippen LogP contribution in [-0.2, 0) is 15.8 Å². The van der Waals surface area contributed by atoms with Gasteiger partial charge in [-0.2, -0.15) is 13.2 Å². The molecule has 4 nitrogen and oxygen atoms in total. The van der Waals surface area contributed by atoms with Crippen LogP contribution in [0.15, 0.2) is 35.5 Å². The normalized spacial score (nSPS) is 19.4. The van der Waals surface area contributed by atoms with Crippen molar-refractivity contribution in [2.45, 2.75) is 25.4 Å². The third-order valence-electron chi connectivity index (χ3n) is 3.34. The van der Waals surface area contributed by atoms with Crippen LogP contribution < -0.4 is 5.32 Å². The average Bonchev–Trinajstić information content (AvgIpc) is 2.36. The Kier molecular flexibility index (Phi) is 3.76. The fourth-order valence-corrected chi connectivity index (χ4v) is 2.37. The van der Waals surface area contributed by atoms with Gasteiger partial charge in [-0.1, -0.05) is 12.1 Å². The van der Waals surface area contributed by atoms with Gasteiger partial charge in [0.1, 0.15) is 0 Å². The van der Waals surface area contributed by atoms with Gasteiger partial charge in [-0.25, -0.2) is 4.79 Å². The molecular weight excluding hydrogens is 287 g/mol. The highest BCUT2D eigenvalue weighted by molar-refractivity contribution is 5.94. The van der Waals surface area contributed by atoms with Crippen LogP contribution >= 0.6 is 0 Å². The molecule has 0 radical (unpaired) electrons. The van der Waals surface area contributed by atoms with Crippen LogP contribution in [0.4, 0.5) is 13.2 Å². The molecule has 0 spiro atoms. The molecule has 1 atom stereocenters. The summed E-state index contributed by atoms with van der Waals surface area (Å²) in [4.78, 5) is 22.8. The minimum Gasteiger partial charge on any atom is -0.478 e. The second-order valence-electron chi connectivity index (χ2n) is 4.77. The number of benzene rings is 1. The number of carbonyl (C=O) groups excluding carboxylic acids is 1. The number of hydrogen-bond donors (Lipinski definition) is 2. The molecule has 0 saturated heterocycles. The van der Waals surface area contributed by atoms with Crippen molar-refractivity contribution in [1.29, 1.82) is 0 Å². The molecule has 112 valence electrons. The molecule has 0 unspecified atom stereocenters. The quantitative estimate of drug-likeness (QED) is 0.882. The number of alkyl halides is 3. The zero-order valence-corrected chi connectivity index (χ0v) is 11.0. The van der Waals surface area contributed by atoms with Crippen molar-refractivity contribution in [3.63, 3.8) is 0 Å². The smallest absolute Gasteiger partial charge is 0.416 e. The van der Waals surface area contributed by atoms with E-state index >= 15 is 0 Å². The first-order valence-corrected chi connectivity index (χ1v) is 6.11. The fraction of sp³-hybridized carbons (Fsp3) is 0.286. The Morgan fingerprint density at radius 2 is 1.86 bits per heavy atom. The van der Waals surface area contributed by atoms with Crippen molar-refractivity contribution in [2.24, 2.45) is 0 Å². The Morgan fingerprint density at radius 1 is 1.29 bits per heavy atom. The van der Waals surface area contributed by atoms with Gasteiger partial charge in [-0.15, -0.1) is 0 Å². The molecule has 2 N–H and O–H groups in total. The summed E-state index contributed by atoms with van der Waals surface area (Å²) < 4.78 is 37.6. The van der Waals surface area contributed by atoms with Gasteiger partial charge in [0.2, 0.25) is 5.91 Å². The number of amides is 1. The number of carbonyl (C=O) groups is 2. The summed E-state index contributed by atoms with van der Waals surface area (Å²) in [5.74, 6) is -2.31. The molecule has 0 saturated carbocycles. The lowest BCUT2D eigenvalue weighted by Crippen LogP contribution is -2.33. The third kappa shape index (κ3) is 3.07. The molecule has 1 aromatic carbocycles. The average molecular weight is 299 g/mol. The van der Waals surface area contributed by atoms with Crippen molar-refractivity contribution in [2.75, 3.05) is 0 Å². The maximum Gasteiger partial charge on any atom is 0.416 e. The molecule has 2 rings (SSSR count). The molecule has 0 fully saturated rings. The minimum atomic E-state index is -4.45. The summed E-state index contributed by atoms with van der Waals surface area (Å²) >= 11 is 0. The summed E-state index contributed by atoms with van der Waals surface area (Å²) in [5, 5.41) is 11.6. The summed E-state index contributed by atoms with van der Waals surface area (Å²) in [6.07, 6.45) is -4.56. The molecular formula is C14H12F3NO3. The molecule has 1 aliphatic rings. The van der Waals surface area contributed by atoms with Crippen molar-refractivity contribution in [3.8, 4) is 0 Å². The number of rotatable bonds is 2. The van der Waals surface area contributed by atoms with Gasteiger partial charge in [-0.3, -0.25) is 4.79 Å². The number of halogens is 3. The van der Waals surface area contributed by atoms with Crippen LogP contribution in [0.25, 0.3) is 0 Å². The van der Waals surface area contributed by atoms with Crippen LogP contribution in [0.5, 0.6) is 0 Å². The second kappa shape index (κ2) is 5.23. The van der Waals surface area contributed by atoms with Gasteiger partial charge in [0.05, 0.1) is 11.1 Å². The van der Waals surface area contributed by atoms with Gasteiger partial charge in [0.25, 0.3) is 0 Å². The van der Waals surface area contributed by atoms with Gasteiger partial charge in [-0.05, 0) is 24.6 Å². The zero-order chi connectivity index (χ0) is 15.8. The van der Waals surface area contributed by atoms with Crippen LogP contribution in [0.1, 0.15) is 30.4 Å². The summed E-state index contributed by atoms with van der Waals surface area (Å²) in [7, 11) is 0.